The minimum Gasteiger partial charge on any atom is -0.369 e. The SMILES string of the molecule is CC1CC2CC(CC(C)(C(N)=O)C2)C1NC(=O)C1(NSc2ccc([N+](=O)[O-])c(C(F)(F)F)c2)CCC1. The van der Waals surface area contributed by atoms with Crippen molar-refractivity contribution in [3.8, 4) is 0 Å². The van der Waals surface area contributed by atoms with Gasteiger partial charge in [0.2, 0.25) is 11.8 Å². The molecule has 5 unspecified atom stereocenters. The molecule has 1 aromatic rings. The molecule has 0 saturated heterocycles. The zero-order chi connectivity index (χ0) is 26.5. The zero-order valence-electron chi connectivity index (χ0n) is 20.2. The van der Waals surface area contributed by atoms with Crippen LogP contribution < -0.4 is 15.8 Å². The molecule has 36 heavy (non-hydrogen) atoms. The lowest BCUT2D eigenvalue weighted by Crippen LogP contribution is -2.63. The van der Waals surface area contributed by atoms with E-state index in [0.29, 0.717) is 25.2 Å². The fourth-order valence-electron chi connectivity index (χ4n) is 6.26. The van der Waals surface area contributed by atoms with E-state index >= 15 is 0 Å². The number of rotatable bonds is 7. The first-order valence-corrected chi connectivity index (χ1v) is 13.0. The summed E-state index contributed by atoms with van der Waals surface area (Å²) in [5, 5.41) is 14.2. The summed E-state index contributed by atoms with van der Waals surface area (Å²) in [5.74, 6) is 0.222. The normalized spacial score (nSPS) is 31.2. The van der Waals surface area contributed by atoms with Gasteiger partial charge in [0.15, 0.2) is 0 Å². The summed E-state index contributed by atoms with van der Waals surface area (Å²) in [6, 6.07) is 2.69. The highest BCUT2D eigenvalue weighted by Gasteiger charge is 2.51. The minimum absolute atomic E-state index is 0.117. The number of nitrogens with one attached hydrogen (secondary N) is 2. The predicted octanol–water partition coefficient (Wildman–Crippen LogP) is 4.57. The van der Waals surface area contributed by atoms with Crippen molar-refractivity contribution in [3.05, 3.63) is 33.9 Å². The number of nitro groups is 1. The molecule has 0 aromatic heterocycles. The van der Waals surface area contributed by atoms with Gasteiger partial charge in [0.05, 0.1) is 4.92 Å². The van der Waals surface area contributed by atoms with Crippen molar-refractivity contribution in [3.63, 3.8) is 0 Å². The summed E-state index contributed by atoms with van der Waals surface area (Å²) < 4.78 is 43.1. The Morgan fingerprint density at radius 1 is 1.22 bits per heavy atom. The maximum atomic E-state index is 13.5. The molecule has 3 saturated carbocycles. The third kappa shape index (κ3) is 5.06. The number of benzene rings is 1. The highest BCUT2D eigenvalue weighted by Crippen LogP contribution is 2.50. The molecule has 3 aliphatic carbocycles. The molecule has 0 aliphatic heterocycles. The molecule has 3 aliphatic rings. The number of nitro benzene ring substituents is 1. The van der Waals surface area contributed by atoms with Crippen molar-refractivity contribution >= 4 is 29.4 Å². The van der Waals surface area contributed by atoms with Crippen molar-refractivity contribution in [2.75, 3.05) is 0 Å². The van der Waals surface area contributed by atoms with Crippen LogP contribution in [0.15, 0.2) is 23.1 Å². The van der Waals surface area contributed by atoms with Gasteiger partial charge in [-0.3, -0.25) is 19.7 Å². The number of fused-ring (bicyclic) bond motifs is 2. The monoisotopic (exact) mass is 528 g/mol. The van der Waals surface area contributed by atoms with Crippen LogP contribution in [-0.2, 0) is 15.8 Å². The van der Waals surface area contributed by atoms with E-state index < -0.39 is 33.3 Å². The number of amides is 2. The number of carbonyl (C=O) groups excluding carboxylic acids is 2. The average Bonchev–Trinajstić information content (AvgIpc) is 2.74. The van der Waals surface area contributed by atoms with Gasteiger partial charge in [-0.15, -0.1) is 0 Å². The van der Waals surface area contributed by atoms with Gasteiger partial charge in [-0.25, -0.2) is 4.72 Å². The van der Waals surface area contributed by atoms with Crippen molar-refractivity contribution in [1.29, 1.82) is 0 Å². The van der Waals surface area contributed by atoms with Crippen molar-refractivity contribution < 1.29 is 27.7 Å². The van der Waals surface area contributed by atoms with Crippen LogP contribution in [0.1, 0.15) is 64.4 Å². The molecule has 5 atom stereocenters. The Kier molecular flexibility index (Phi) is 7.06. The van der Waals surface area contributed by atoms with Gasteiger partial charge in [-0.2, -0.15) is 13.2 Å². The smallest absolute Gasteiger partial charge is 0.369 e. The van der Waals surface area contributed by atoms with E-state index in [9.17, 15) is 32.9 Å². The number of alkyl halides is 3. The molecule has 0 heterocycles. The van der Waals surface area contributed by atoms with Crippen LogP contribution in [0.5, 0.6) is 0 Å². The Labute approximate surface area is 211 Å². The molecule has 4 N–H and O–H groups in total. The second kappa shape index (κ2) is 9.51. The summed E-state index contributed by atoms with van der Waals surface area (Å²) in [6.07, 6.45) is 0.169. The summed E-state index contributed by atoms with van der Waals surface area (Å²) in [5.41, 5.74) is 1.83. The first-order valence-electron chi connectivity index (χ1n) is 12.1. The predicted molar refractivity (Wildman–Crippen MR) is 128 cm³/mol. The number of carbonyl (C=O) groups is 2. The Morgan fingerprint density at radius 3 is 2.47 bits per heavy atom. The van der Waals surface area contributed by atoms with Gasteiger partial charge < -0.3 is 11.1 Å². The third-order valence-corrected chi connectivity index (χ3v) is 9.27. The van der Waals surface area contributed by atoms with Gasteiger partial charge in [0.25, 0.3) is 5.69 Å². The molecule has 12 heteroatoms. The first kappa shape index (κ1) is 26.7. The summed E-state index contributed by atoms with van der Waals surface area (Å²) in [7, 11) is 0. The van der Waals surface area contributed by atoms with Crippen molar-refractivity contribution in [1.82, 2.24) is 10.0 Å². The van der Waals surface area contributed by atoms with E-state index in [0.717, 1.165) is 49.8 Å². The number of halogens is 3. The molecule has 0 spiro atoms. The quantitative estimate of drug-likeness (QED) is 0.270. The average molecular weight is 529 g/mol. The summed E-state index contributed by atoms with van der Waals surface area (Å²) in [4.78, 5) is 35.7. The summed E-state index contributed by atoms with van der Waals surface area (Å²) >= 11 is 0.872. The topological polar surface area (TPSA) is 127 Å². The summed E-state index contributed by atoms with van der Waals surface area (Å²) in [6.45, 7) is 4.00. The fourth-order valence-corrected chi connectivity index (χ4v) is 7.19. The van der Waals surface area contributed by atoms with Gasteiger partial charge >= 0.3 is 6.18 Å². The first-order chi connectivity index (χ1) is 16.7. The third-order valence-electron chi connectivity index (χ3n) is 8.28. The molecule has 1 aromatic carbocycles. The van der Waals surface area contributed by atoms with Gasteiger partial charge in [0, 0.05) is 22.4 Å². The van der Waals surface area contributed by atoms with Crippen LogP contribution in [-0.4, -0.2) is 28.3 Å². The molecule has 2 bridgehead atoms. The lowest BCUT2D eigenvalue weighted by Gasteiger charge is -2.51. The van der Waals surface area contributed by atoms with Gasteiger partial charge in [-0.05, 0) is 86.8 Å². The maximum absolute atomic E-state index is 13.5. The second-order valence-electron chi connectivity index (χ2n) is 11.0. The highest BCUT2D eigenvalue weighted by atomic mass is 32.2. The number of nitrogens with zero attached hydrogens (tertiary/aromatic N) is 1. The molecular formula is C24H31F3N4O4S. The van der Waals surface area contributed by atoms with E-state index in [1.807, 2.05) is 6.92 Å². The van der Waals surface area contributed by atoms with Crippen LogP contribution in [0, 0.1) is 33.3 Å². The molecule has 2 amide bonds. The number of primary amides is 1. The molecular weight excluding hydrogens is 497 g/mol. The fraction of sp³-hybridized carbons (Fsp3) is 0.667. The lowest BCUT2D eigenvalue weighted by molar-refractivity contribution is -0.388. The highest BCUT2D eigenvalue weighted by molar-refractivity contribution is 7.97. The van der Waals surface area contributed by atoms with E-state index in [1.54, 1.807) is 0 Å². The standard InChI is InChI=1S/C24H31F3N4O4S/c1-13-8-14-9-15(12-22(2,11-14)20(28)32)19(13)29-21(33)23(6-3-7-23)30-36-16-4-5-18(31(34)35)17(10-16)24(25,26)27/h4-5,10,13-15,19,30H,3,6-9,11-12H2,1-2H3,(H2,28,32)(H,29,33). The van der Waals surface area contributed by atoms with Crippen LogP contribution in [0.2, 0.25) is 0 Å². The van der Waals surface area contributed by atoms with Crippen LogP contribution in [0.3, 0.4) is 0 Å². The molecule has 4 rings (SSSR count). The number of nitrogens with two attached hydrogens (primary N) is 1. The van der Waals surface area contributed by atoms with Crippen molar-refractivity contribution in [2.45, 2.75) is 81.4 Å². The van der Waals surface area contributed by atoms with E-state index in [-0.39, 0.29) is 34.6 Å². The van der Waals surface area contributed by atoms with E-state index in [2.05, 4.69) is 17.0 Å². The molecule has 8 nitrogen and oxygen atoms in total. The number of hydrogen-bond donors (Lipinski definition) is 3. The Balaban J connectivity index is 1.47. The Bertz CT molecular complexity index is 1060. The molecule has 3 fully saturated rings. The number of hydrogen-bond acceptors (Lipinski definition) is 6. The van der Waals surface area contributed by atoms with Gasteiger partial charge in [0.1, 0.15) is 11.1 Å². The Hall–Kier alpha value is -2.34. The van der Waals surface area contributed by atoms with E-state index in [4.69, 9.17) is 5.73 Å². The van der Waals surface area contributed by atoms with Gasteiger partial charge in [-0.1, -0.05) is 13.8 Å². The lowest BCUT2D eigenvalue weighted by atomic mass is 9.57. The largest absolute Gasteiger partial charge is 0.423 e. The maximum Gasteiger partial charge on any atom is 0.423 e. The second-order valence-corrected chi connectivity index (χ2v) is 11.9. The minimum atomic E-state index is -4.88. The molecule has 0 radical (unpaired) electrons. The molecule has 198 valence electrons. The van der Waals surface area contributed by atoms with Crippen LogP contribution in [0.4, 0.5) is 18.9 Å². The van der Waals surface area contributed by atoms with Crippen LogP contribution in [0.25, 0.3) is 0 Å². The van der Waals surface area contributed by atoms with Crippen LogP contribution >= 0.6 is 11.9 Å². The van der Waals surface area contributed by atoms with Crippen molar-refractivity contribution in [2.24, 2.45) is 28.9 Å². The zero-order valence-corrected chi connectivity index (χ0v) is 21.0. The van der Waals surface area contributed by atoms with E-state index in [1.165, 1.54) is 6.07 Å². The Morgan fingerprint density at radius 2 is 1.92 bits per heavy atom.